The van der Waals surface area contributed by atoms with Gasteiger partial charge in [-0.2, -0.15) is 0 Å². The molecule has 0 atom stereocenters. The van der Waals surface area contributed by atoms with E-state index in [4.69, 9.17) is 21.1 Å². The SMILES string of the molecule is COc1ccc(NC(=O)CSc2nccn2Cc2ccc(Cl)cc2)c(OC)c1. The molecule has 28 heavy (non-hydrogen) atoms. The molecule has 3 aromatic rings. The fourth-order valence-electron chi connectivity index (χ4n) is 2.56. The monoisotopic (exact) mass is 417 g/mol. The Labute approximate surface area is 172 Å². The molecule has 0 aliphatic heterocycles. The molecule has 1 heterocycles. The van der Waals surface area contributed by atoms with E-state index in [0.29, 0.717) is 28.8 Å². The molecule has 1 amide bonds. The van der Waals surface area contributed by atoms with Crippen molar-refractivity contribution in [1.29, 1.82) is 0 Å². The Bertz CT molecular complexity index is 944. The number of thioether (sulfide) groups is 1. The van der Waals surface area contributed by atoms with Crippen molar-refractivity contribution in [3.05, 3.63) is 65.4 Å². The molecule has 1 aromatic heterocycles. The highest BCUT2D eigenvalue weighted by Gasteiger charge is 2.12. The topological polar surface area (TPSA) is 65.4 Å². The standard InChI is InChI=1S/C20H20ClN3O3S/c1-26-16-7-8-17(18(11-16)27-2)23-19(25)13-28-20-22-9-10-24(20)12-14-3-5-15(21)6-4-14/h3-11H,12-13H2,1-2H3,(H,23,25). The van der Waals surface area contributed by atoms with E-state index >= 15 is 0 Å². The zero-order valence-corrected chi connectivity index (χ0v) is 17.1. The number of carbonyl (C=O) groups is 1. The third-order valence-corrected chi connectivity index (χ3v) is 5.22. The van der Waals surface area contributed by atoms with Gasteiger partial charge in [-0.25, -0.2) is 4.98 Å². The lowest BCUT2D eigenvalue weighted by atomic mass is 10.2. The molecule has 146 valence electrons. The van der Waals surface area contributed by atoms with Crippen LogP contribution in [0.1, 0.15) is 5.56 Å². The molecular weight excluding hydrogens is 398 g/mol. The summed E-state index contributed by atoms with van der Waals surface area (Å²) in [7, 11) is 3.13. The van der Waals surface area contributed by atoms with E-state index in [1.807, 2.05) is 35.0 Å². The second kappa shape index (κ2) is 9.52. The highest BCUT2D eigenvalue weighted by Crippen LogP contribution is 2.29. The van der Waals surface area contributed by atoms with Crippen LogP contribution in [-0.2, 0) is 11.3 Å². The summed E-state index contributed by atoms with van der Waals surface area (Å²) in [5, 5.41) is 4.33. The van der Waals surface area contributed by atoms with Crippen molar-refractivity contribution in [2.24, 2.45) is 0 Å². The summed E-state index contributed by atoms with van der Waals surface area (Å²) in [6, 6.07) is 12.9. The highest BCUT2D eigenvalue weighted by atomic mass is 35.5. The Morgan fingerprint density at radius 3 is 2.68 bits per heavy atom. The zero-order chi connectivity index (χ0) is 19.9. The first-order valence-corrected chi connectivity index (χ1v) is 9.85. The highest BCUT2D eigenvalue weighted by molar-refractivity contribution is 7.99. The van der Waals surface area contributed by atoms with Gasteiger partial charge in [0.05, 0.1) is 25.7 Å². The van der Waals surface area contributed by atoms with Gasteiger partial charge in [0.1, 0.15) is 11.5 Å². The van der Waals surface area contributed by atoms with Crippen LogP contribution in [0.5, 0.6) is 11.5 Å². The molecular formula is C20H20ClN3O3S. The fourth-order valence-corrected chi connectivity index (χ4v) is 3.45. The second-order valence-corrected chi connectivity index (χ2v) is 7.25. The number of nitrogens with zero attached hydrogens (tertiary/aromatic N) is 2. The quantitative estimate of drug-likeness (QED) is 0.552. The molecule has 0 spiro atoms. The molecule has 2 aromatic carbocycles. The molecule has 0 saturated heterocycles. The number of carbonyl (C=O) groups excluding carboxylic acids is 1. The number of halogens is 1. The first kappa shape index (κ1) is 20.1. The second-order valence-electron chi connectivity index (χ2n) is 5.87. The Kier molecular flexibility index (Phi) is 6.84. The van der Waals surface area contributed by atoms with E-state index in [-0.39, 0.29) is 11.7 Å². The van der Waals surface area contributed by atoms with E-state index < -0.39 is 0 Å². The van der Waals surface area contributed by atoms with Crippen molar-refractivity contribution in [2.45, 2.75) is 11.7 Å². The van der Waals surface area contributed by atoms with Gasteiger partial charge in [0, 0.05) is 30.0 Å². The number of nitrogens with one attached hydrogen (secondary N) is 1. The average molecular weight is 418 g/mol. The van der Waals surface area contributed by atoms with Crippen LogP contribution >= 0.6 is 23.4 Å². The van der Waals surface area contributed by atoms with Crippen molar-refractivity contribution in [3.8, 4) is 11.5 Å². The molecule has 0 radical (unpaired) electrons. The van der Waals surface area contributed by atoms with Crippen molar-refractivity contribution < 1.29 is 14.3 Å². The van der Waals surface area contributed by atoms with Crippen molar-refractivity contribution in [3.63, 3.8) is 0 Å². The summed E-state index contributed by atoms with van der Waals surface area (Å²) >= 11 is 7.30. The van der Waals surface area contributed by atoms with Gasteiger partial charge in [0.15, 0.2) is 5.16 Å². The van der Waals surface area contributed by atoms with Gasteiger partial charge in [0.2, 0.25) is 5.91 Å². The minimum absolute atomic E-state index is 0.144. The van der Waals surface area contributed by atoms with Crippen LogP contribution in [0.4, 0.5) is 5.69 Å². The summed E-state index contributed by atoms with van der Waals surface area (Å²) in [5.74, 6) is 1.29. The fraction of sp³-hybridized carbons (Fsp3) is 0.200. The predicted molar refractivity (Wildman–Crippen MR) is 112 cm³/mol. The van der Waals surface area contributed by atoms with Gasteiger partial charge in [-0.05, 0) is 29.8 Å². The number of rotatable bonds is 8. The van der Waals surface area contributed by atoms with Crippen LogP contribution < -0.4 is 14.8 Å². The average Bonchev–Trinajstić information content (AvgIpc) is 3.15. The maximum atomic E-state index is 12.4. The smallest absolute Gasteiger partial charge is 0.234 e. The molecule has 0 aliphatic carbocycles. The molecule has 0 fully saturated rings. The third-order valence-electron chi connectivity index (χ3n) is 3.96. The molecule has 0 unspecified atom stereocenters. The number of anilines is 1. The summed E-state index contributed by atoms with van der Waals surface area (Å²) in [6.45, 7) is 0.660. The minimum Gasteiger partial charge on any atom is -0.497 e. The van der Waals surface area contributed by atoms with Crippen LogP contribution in [0.15, 0.2) is 60.0 Å². The first-order chi connectivity index (χ1) is 13.6. The Hall–Kier alpha value is -2.64. The third kappa shape index (κ3) is 5.21. The first-order valence-electron chi connectivity index (χ1n) is 8.49. The number of benzene rings is 2. The maximum Gasteiger partial charge on any atom is 0.234 e. The van der Waals surface area contributed by atoms with Crippen molar-refractivity contribution in [1.82, 2.24) is 9.55 Å². The molecule has 1 N–H and O–H groups in total. The number of imidazole rings is 1. The molecule has 6 nitrogen and oxygen atoms in total. The molecule has 3 rings (SSSR count). The van der Waals surface area contributed by atoms with Gasteiger partial charge >= 0.3 is 0 Å². The van der Waals surface area contributed by atoms with Gasteiger partial charge in [-0.1, -0.05) is 35.5 Å². The number of aromatic nitrogens is 2. The van der Waals surface area contributed by atoms with Gasteiger partial charge < -0.3 is 19.4 Å². The lowest BCUT2D eigenvalue weighted by Gasteiger charge is -2.12. The maximum absolute atomic E-state index is 12.4. The van der Waals surface area contributed by atoms with Crippen LogP contribution in [0.2, 0.25) is 5.02 Å². The van der Waals surface area contributed by atoms with Crippen LogP contribution in [0.25, 0.3) is 0 Å². The van der Waals surface area contributed by atoms with E-state index in [1.165, 1.54) is 11.8 Å². The Balaban J connectivity index is 1.60. The summed E-state index contributed by atoms with van der Waals surface area (Å²) in [5.41, 5.74) is 1.70. The number of amides is 1. The Morgan fingerprint density at radius 2 is 1.96 bits per heavy atom. The molecule has 0 bridgehead atoms. The lowest BCUT2D eigenvalue weighted by molar-refractivity contribution is -0.113. The number of hydrogen-bond acceptors (Lipinski definition) is 5. The summed E-state index contributed by atoms with van der Waals surface area (Å²) in [4.78, 5) is 16.7. The van der Waals surface area contributed by atoms with Gasteiger partial charge in [0.25, 0.3) is 0 Å². The summed E-state index contributed by atoms with van der Waals surface area (Å²) < 4.78 is 12.5. The van der Waals surface area contributed by atoms with Crippen LogP contribution in [0, 0.1) is 0 Å². The van der Waals surface area contributed by atoms with Crippen molar-refractivity contribution in [2.75, 3.05) is 25.3 Å². The van der Waals surface area contributed by atoms with Gasteiger partial charge in [-0.15, -0.1) is 0 Å². The molecule has 8 heteroatoms. The zero-order valence-electron chi connectivity index (χ0n) is 15.5. The lowest BCUT2D eigenvalue weighted by Crippen LogP contribution is -2.15. The molecule has 0 saturated carbocycles. The number of ether oxygens (including phenoxy) is 2. The van der Waals surface area contributed by atoms with Crippen LogP contribution in [0.3, 0.4) is 0 Å². The van der Waals surface area contributed by atoms with E-state index in [1.54, 1.807) is 38.6 Å². The predicted octanol–water partition coefficient (Wildman–Crippen LogP) is 4.33. The van der Waals surface area contributed by atoms with Gasteiger partial charge in [-0.3, -0.25) is 4.79 Å². The normalized spacial score (nSPS) is 10.5. The van der Waals surface area contributed by atoms with E-state index in [9.17, 15) is 4.79 Å². The largest absolute Gasteiger partial charge is 0.497 e. The van der Waals surface area contributed by atoms with Crippen molar-refractivity contribution >= 4 is 35.0 Å². The Morgan fingerprint density at radius 1 is 1.18 bits per heavy atom. The molecule has 0 aliphatic rings. The minimum atomic E-state index is -0.144. The van der Waals surface area contributed by atoms with Crippen LogP contribution in [-0.4, -0.2) is 35.4 Å². The number of hydrogen-bond donors (Lipinski definition) is 1. The van der Waals surface area contributed by atoms with E-state index in [2.05, 4.69) is 10.3 Å². The van der Waals surface area contributed by atoms with E-state index in [0.717, 1.165) is 10.7 Å². The number of methoxy groups -OCH3 is 2. The summed E-state index contributed by atoms with van der Waals surface area (Å²) in [6.07, 6.45) is 3.62.